The van der Waals surface area contributed by atoms with Crippen LogP contribution in [0.15, 0.2) is 30.3 Å². The first-order chi connectivity index (χ1) is 17.2. The van der Waals surface area contributed by atoms with Crippen LogP contribution in [0.2, 0.25) is 0 Å². The Balaban J connectivity index is 2.29. The van der Waals surface area contributed by atoms with Gasteiger partial charge >= 0.3 is 24.2 Å². The van der Waals surface area contributed by atoms with Crippen LogP contribution in [0.4, 0.5) is 18.0 Å². The van der Waals surface area contributed by atoms with Crippen LogP contribution in [0.5, 0.6) is 0 Å². The van der Waals surface area contributed by atoms with Gasteiger partial charge in [-0.05, 0) is 27.7 Å². The van der Waals surface area contributed by atoms with Crippen LogP contribution in [-0.4, -0.2) is 79.6 Å². The number of alkyl halides is 3. The summed E-state index contributed by atoms with van der Waals surface area (Å²) in [6, 6.07) is 5.25. The summed E-state index contributed by atoms with van der Waals surface area (Å²) in [4.78, 5) is 51.1. The minimum absolute atomic E-state index is 0.0269. The molecule has 1 aromatic rings. The van der Waals surface area contributed by atoms with Crippen molar-refractivity contribution in [3.05, 3.63) is 35.9 Å². The molecule has 37 heavy (non-hydrogen) atoms. The molecule has 10 nitrogen and oxygen atoms in total. The fourth-order valence-corrected chi connectivity index (χ4v) is 3.80. The van der Waals surface area contributed by atoms with E-state index in [4.69, 9.17) is 18.9 Å². The third-order valence-corrected chi connectivity index (χ3v) is 5.39. The van der Waals surface area contributed by atoms with E-state index in [0.717, 1.165) is 17.0 Å². The zero-order chi connectivity index (χ0) is 28.0. The van der Waals surface area contributed by atoms with Crippen LogP contribution in [0, 0.1) is 0 Å². The molecule has 0 bridgehead atoms. The number of hydrogen-bond acceptors (Lipinski definition) is 8. The van der Waals surface area contributed by atoms with Crippen molar-refractivity contribution in [3.8, 4) is 0 Å². The van der Waals surface area contributed by atoms with E-state index in [0.29, 0.717) is 7.11 Å². The number of nitrogens with one attached hydrogen (secondary N) is 1. The fourth-order valence-electron chi connectivity index (χ4n) is 3.80. The number of carbonyl (C=O) groups is 4. The Hall–Kier alpha value is -3.35. The molecule has 0 saturated carbocycles. The number of ether oxygens (including phenoxy) is 4. The Morgan fingerprint density at radius 3 is 2.24 bits per heavy atom. The van der Waals surface area contributed by atoms with E-state index in [2.05, 4.69) is 5.32 Å². The summed E-state index contributed by atoms with van der Waals surface area (Å²) in [5, 5.41) is 2.45. The number of halogens is 3. The monoisotopic (exact) mass is 532 g/mol. The Morgan fingerprint density at radius 2 is 1.73 bits per heavy atom. The Morgan fingerprint density at radius 1 is 1.11 bits per heavy atom. The van der Waals surface area contributed by atoms with Gasteiger partial charge in [-0.15, -0.1) is 0 Å². The SMILES string of the molecule is CCOC(=O)CN1C(=O)[C@@H](OC(=O)[C@@](OC)(c2ccccc2)C(F)(F)F)C[C@@H]1CNC(=O)OC(C)(C)C. The maximum atomic E-state index is 14.2. The minimum atomic E-state index is -5.23. The first-order valence-electron chi connectivity index (χ1n) is 11.5. The minimum Gasteiger partial charge on any atom is -0.465 e. The molecular formula is C24H31F3N2O8. The lowest BCUT2D eigenvalue weighted by Gasteiger charge is -2.33. The lowest BCUT2D eigenvalue weighted by Crippen LogP contribution is -2.53. The van der Waals surface area contributed by atoms with Crippen LogP contribution >= 0.6 is 0 Å². The van der Waals surface area contributed by atoms with Crippen molar-refractivity contribution in [2.45, 2.75) is 63.6 Å². The number of rotatable bonds is 9. The molecule has 0 aliphatic carbocycles. The Kier molecular flexibility index (Phi) is 9.53. The van der Waals surface area contributed by atoms with Gasteiger partial charge in [-0.3, -0.25) is 9.59 Å². The topological polar surface area (TPSA) is 120 Å². The van der Waals surface area contributed by atoms with Crippen LogP contribution in [-0.2, 0) is 38.9 Å². The molecule has 0 aromatic heterocycles. The number of likely N-dealkylation sites (tertiary alicyclic amines) is 1. The van der Waals surface area contributed by atoms with Gasteiger partial charge in [0, 0.05) is 25.6 Å². The van der Waals surface area contributed by atoms with Crippen LogP contribution in [0.1, 0.15) is 39.7 Å². The van der Waals surface area contributed by atoms with Gasteiger partial charge in [0.15, 0.2) is 6.10 Å². The zero-order valence-electron chi connectivity index (χ0n) is 21.2. The largest absolute Gasteiger partial charge is 0.465 e. The molecule has 1 aromatic carbocycles. The molecule has 0 spiro atoms. The van der Waals surface area contributed by atoms with Gasteiger partial charge in [0.05, 0.1) is 12.6 Å². The normalized spacial score (nSPS) is 19.7. The molecule has 0 radical (unpaired) electrons. The maximum absolute atomic E-state index is 14.2. The molecule has 1 heterocycles. The van der Waals surface area contributed by atoms with Crippen molar-refractivity contribution >= 4 is 23.9 Å². The number of alkyl carbamates (subject to hydrolysis) is 1. The number of benzene rings is 1. The molecule has 1 saturated heterocycles. The highest BCUT2D eigenvalue weighted by molar-refractivity contribution is 5.91. The van der Waals surface area contributed by atoms with Gasteiger partial charge in [-0.25, -0.2) is 9.59 Å². The third kappa shape index (κ3) is 7.12. The van der Waals surface area contributed by atoms with E-state index in [9.17, 15) is 32.3 Å². The molecule has 1 aliphatic heterocycles. The molecule has 3 atom stereocenters. The fraction of sp³-hybridized carbons (Fsp3) is 0.583. The first-order valence-corrected chi connectivity index (χ1v) is 11.5. The summed E-state index contributed by atoms with van der Waals surface area (Å²) >= 11 is 0. The highest BCUT2D eigenvalue weighted by Crippen LogP contribution is 2.43. The van der Waals surface area contributed by atoms with Crippen LogP contribution in [0.3, 0.4) is 0 Å². The molecule has 1 aliphatic rings. The Bertz CT molecular complexity index is 980. The number of hydrogen-bond donors (Lipinski definition) is 1. The molecule has 2 rings (SSSR count). The van der Waals surface area contributed by atoms with Gasteiger partial charge in [-0.1, -0.05) is 30.3 Å². The summed E-state index contributed by atoms with van der Waals surface area (Å²) in [6.07, 6.45) is -8.01. The summed E-state index contributed by atoms with van der Waals surface area (Å²) < 4.78 is 62.4. The lowest BCUT2D eigenvalue weighted by atomic mass is 9.92. The van der Waals surface area contributed by atoms with Crippen molar-refractivity contribution in [2.24, 2.45) is 0 Å². The van der Waals surface area contributed by atoms with Crippen molar-refractivity contribution in [2.75, 3.05) is 26.8 Å². The number of methoxy groups -OCH3 is 1. The van der Waals surface area contributed by atoms with E-state index >= 15 is 0 Å². The second-order valence-electron chi connectivity index (χ2n) is 9.19. The van der Waals surface area contributed by atoms with Crippen molar-refractivity contribution in [1.82, 2.24) is 10.2 Å². The zero-order valence-corrected chi connectivity index (χ0v) is 21.2. The average molecular weight is 533 g/mol. The molecule has 0 unspecified atom stereocenters. The summed E-state index contributed by atoms with van der Waals surface area (Å²) in [6.45, 7) is 5.73. The predicted molar refractivity (Wildman–Crippen MR) is 122 cm³/mol. The summed E-state index contributed by atoms with van der Waals surface area (Å²) in [7, 11) is 0.707. The van der Waals surface area contributed by atoms with Crippen LogP contribution in [0.25, 0.3) is 0 Å². The smallest absolute Gasteiger partial charge is 0.432 e. The van der Waals surface area contributed by atoms with E-state index < -0.39 is 65.6 Å². The molecule has 206 valence electrons. The number of carbonyl (C=O) groups excluding carboxylic acids is 4. The van der Waals surface area contributed by atoms with Gasteiger partial charge in [-0.2, -0.15) is 13.2 Å². The van der Waals surface area contributed by atoms with E-state index in [1.807, 2.05) is 0 Å². The average Bonchev–Trinajstić information content (AvgIpc) is 3.06. The second kappa shape index (κ2) is 11.8. The van der Waals surface area contributed by atoms with Gasteiger partial charge in [0.1, 0.15) is 12.1 Å². The predicted octanol–water partition coefficient (Wildman–Crippen LogP) is 2.69. The van der Waals surface area contributed by atoms with E-state index in [1.54, 1.807) is 27.7 Å². The Labute approximate surface area is 212 Å². The highest BCUT2D eigenvalue weighted by atomic mass is 19.4. The number of nitrogens with zero attached hydrogens (tertiary/aromatic N) is 1. The maximum Gasteiger partial charge on any atom is 0.432 e. The summed E-state index contributed by atoms with van der Waals surface area (Å²) in [5.74, 6) is -3.54. The van der Waals surface area contributed by atoms with E-state index in [1.165, 1.54) is 18.2 Å². The lowest BCUT2D eigenvalue weighted by molar-refractivity contribution is -0.277. The number of amides is 2. The van der Waals surface area contributed by atoms with Gasteiger partial charge in [0.25, 0.3) is 11.5 Å². The first kappa shape index (κ1) is 29.9. The molecule has 13 heteroatoms. The molecule has 1 N–H and O–H groups in total. The van der Waals surface area contributed by atoms with Crippen molar-refractivity contribution < 1.29 is 51.3 Å². The number of esters is 2. The molecular weight excluding hydrogens is 501 g/mol. The van der Waals surface area contributed by atoms with Crippen molar-refractivity contribution in [3.63, 3.8) is 0 Å². The van der Waals surface area contributed by atoms with Crippen molar-refractivity contribution in [1.29, 1.82) is 0 Å². The second-order valence-corrected chi connectivity index (χ2v) is 9.19. The summed E-state index contributed by atoms with van der Waals surface area (Å²) in [5.41, 5.74) is -4.84. The quantitative estimate of drug-likeness (QED) is 0.381. The standard InChI is InChI=1S/C24H31F3N2O8/c1-6-35-18(30)14-29-16(13-28-21(33)37-22(2,3)4)12-17(19(29)31)36-20(32)23(34-5,24(25,26)27)15-10-8-7-9-11-15/h7-11,16-17H,6,12-14H2,1-5H3,(H,28,33)/t16-,17+,23+/m1/s1. The van der Waals surface area contributed by atoms with Gasteiger partial charge < -0.3 is 29.2 Å². The van der Waals surface area contributed by atoms with Crippen LogP contribution < -0.4 is 5.32 Å². The van der Waals surface area contributed by atoms with Gasteiger partial charge in [0.2, 0.25) is 0 Å². The highest BCUT2D eigenvalue weighted by Gasteiger charge is 2.65. The van der Waals surface area contributed by atoms with E-state index in [-0.39, 0.29) is 19.6 Å². The third-order valence-electron chi connectivity index (χ3n) is 5.39. The molecule has 2 amide bonds. The molecule has 1 fully saturated rings.